The minimum Gasteiger partial charge on any atom is -0.387 e. The molecule has 0 aliphatic carbocycles. The van der Waals surface area contributed by atoms with Crippen molar-refractivity contribution in [3.8, 4) is 0 Å². The number of nitrogens with one attached hydrogen (secondary N) is 2. The van der Waals surface area contributed by atoms with Crippen LogP contribution in [0.25, 0.3) is 0 Å². The summed E-state index contributed by atoms with van der Waals surface area (Å²) >= 11 is 6.04. The Balaban J connectivity index is 0.00000222. The molecule has 2 aromatic rings. The van der Waals surface area contributed by atoms with Gasteiger partial charge in [0.25, 0.3) is 0 Å². The highest BCUT2D eigenvalue weighted by Gasteiger charge is 2.37. The van der Waals surface area contributed by atoms with E-state index in [1.165, 1.54) is 6.07 Å². The lowest BCUT2D eigenvalue weighted by molar-refractivity contribution is -0.140. The Morgan fingerprint density at radius 3 is 2.31 bits per heavy atom. The quantitative estimate of drug-likeness (QED) is 0.289. The van der Waals surface area contributed by atoms with Crippen LogP contribution in [-0.4, -0.2) is 36.6 Å². The van der Waals surface area contributed by atoms with Gasteiger partial charge in [-0.3, -0.25) is 0 Å². The van der Waals surface area contributed by atoms with Crippen LogP contribution in [0.15, 0.2) is 79.4 Å². The highest BCUT2D eigenvalue weighted by Crippen LogP contribution is 2.34. The minimum absolute atomic E-state index is 0.223. The molecule has 0 radical (unpaired) electrons. The predicted molar refractivity (Wildman–Crippen MR) is 138 cm³/mol. The lowest BCUT2D eigenvalue weighted by Gasteiger charge is -2.30. The van der Waals surface area contributed by atoms with Crippen molar-refractivity contribution in [1.82, 2.24) is 20.4 Å². The molecule has 0 saturated heterocycles. The van der Waals surface area contributed by atoms with Crippen LogP contribution in [0.4, 0.5) is 17.6 Å². The van der Waals surface area contributed by atoms with Crippen LogP contribution in [0.2, 0.25) is 5.02 Å². The van der Waals surface area contributed by atoms with Gasteiger partial charge < -0.3 is 20.4 Å². The van der Waals surface area contributed by atoms with Gasteiger partial charge >= 0.3 is 6.18 Å². The van der Waals surface area contributed by atoms with Gasteiger partial charge in [0.15, 0.2) is 0 Å². The maximum Gasteiger partial charge on any atom is 0.419 e. The summed E-state index contributed by atoms with van der Waals surface area (Å²) in [7, 11) is 3.73. The number of likely N-dealkylation sites (N-methyl/N-ethyl adjacent to an activating group) is 1. The fourth-order valence-electron chi connectivity index (χ4n) is 4.05. The molecule has 36 heavy (non-hydrogen) atoms. The van der Waals surface area contributed by atoms with E-state index in [-0.39, 0.29) is 12.6 Å². The molecule has 1 aliphatic heterocycles. The first-order valence-corrected chi connectivity index (χ1v) is 11.9. The number of halogens is 5. The average molecular weight is 525 g/mol. The van der Waals surface area contributed by atoms with E-state index in [1.54, 1.807) is 19.2 Å². The normalized spacial score (nSPS) is 15.2. The number of nitrogens with zero attached hydrogens (tertiary/aromatic N) is 2. The van der Waals surface area contributed by atoms with Gasteiger partial charge in [0.05, 0.1) is 11.3 Å². The Bertz CT molecular complexity index is 1070. The summed E-state index contributed by atoms with van der Waals surface area (Å²) in [6, 6.07) is 10.6. The van der Waals surface area contributed by atoms with Crippen molar-refractivity contribution in [2.45, 2.75) is 38.7 Å². The average Bonchev–Trinajstić information content (AvgIpc) is 3.19. The molecule has 1 unspecified atom stereocenters. The molecule has 2 aromatic carbocycles. The molecule has 0 aromatic heterocycles. The van der Waals surface area contributed by atoms with Crippen LogP contribution in [0.5, 0.6) is 0 Å². The number of hydrogen-bond acceptors (Lipinski definition) is 4. The van der Waals surface area contributed by atoms with Gasteiger partial charge in [-0.15, -0.1) is 13.2 Å². The largest absolute Gasteiger partial charge is 0.419 e. The molecule has 1 atom stereocenters. The highest BCUT2D eigenvalue weighted by atomic mass is 35.5. The van der Waals surface area contributed by atoms with Gasteiger partial charge in [0.1, 0.15) is 23.5 Å². The van der Waals surface area contributed by atoms with Gasteiger partial charge in [-0.25, -0.2) is 4.39 Å². The molecule has 196 valence electrons. The van der Waals surface area contributed by atoms with Crippen LogP contribution in [0.3, 0.4) is 0 Å². The summed E-state index contributed by atoms with van der Waals surface area (Å²) < 4.78 is 53.7. The summed E-state index contributed by atoms with van der Waals surface area (Å²) in [4.78, 5) is 4.14. The molecule has 9 heteroatoms. The first-order valence-electron chi connectivity index (χ1n) is 11.5. The van der Waals surface area contributed by atoms with E-state index in [1.807, 2.05) is 19.2 Å². The van der Waals surface area contributed by atoms with E-state index in [4.69, 9.17) is 11.6 Å². The molecule has 0 amide bonds. The lowest BCUT2D eigenvalue weighted by Crippen LogP contribution is -2.40. The van der Waals surface area contributed by atoms with Crippen LogP contribution in [0, 0.1) is 5.82 Å². The molecule has 0 saturated carbocycles. The van der Waals surface area contributed by atoms with Crippen LogP contribution in [-0.2, 0) is 19.1 Å². The zero-order valence-electron chi connectivity index (χ0n) is 20.9. The van der Waals surface area contributed by atoms with E-state index >= 15 is 0 Å². The molecular formula is C27H33ClF4N4. The zero-order chi connectivity index (χ0) is 27.0. The summed E-state index contributed by atoms with van der Waals surface area (Å²) in [5.74, 6) is -0.447. The lowest BCUT2D eigenvalue weighted by atomic mass is 10.0. The number of rotatable bonds is 9. The maximum absolute atomic E-state index is 13.9. The standard InChI is InChI=1S/C25H29ClF4N4.C2H4/c1-5-12-33(4)24-23(16(2)31-3)34(15-17-6-9-19(26)10-7-17)22(32-24)14-18-8-11-21(27)20(13-18)25(28,29)30;1-2/h6-11,13,22,31-32H,2,5,12,14-15H2,1,3-4H3;1-2H2. The zero-order valence-corrected chi connectivity index (χ0v) is 21.6. The van der Waals surface area contributed by atoms with Crippen molar-refractivity contribution in [2.75, 3.05) is 20.6 Å². The molecule has 1 aliphatic rings. The number of benzene rings is 2. The summed E-state index contributed by atoms with van der Waals surface area (Å²) in [5.41, 5.74) is 1.60. The molecule has 0 bridgehead atoms. The van der Waals surface area contributed by atoms with E-state index in [2.05, 4.69) is 47.1 Å². The van der Waals surface area contributed by atoms with E-state index < -0.39 is 17.6 Å². The fraction of sp³-hybridized carbons (Fsp3) is 0.333. The molecule has 4 nitrogen and oxygen atoms in total. The highest BCUT2D eigenvalue weighted by molar-refractivity contribution is 6.30. The summed E-state index contributed by atoms with van der Waals surface area (Å²) in [5, 5.41) is 7.19. The number of alkyl halides is 3. The van der Waals surface area contributed by atoms with Crippen LogP contribution >= 0.6 is 11.6 Å². The fourth-order valence-corrected chi connectivity index (χ4v) is 4.17. The Kier molecular flexibility index (Phi) is 10.3. The van der Waals surface area contributed by atoms with Crippen molar-refractivity contribution >= 4 is 11.6 Å². The van der Waals surface area contributed by atoms with E-state index in [0.29, 0.717) is 22.8 Å². The van der Waals surface area contributed by atoms with Crippen molar-refractivity contribution < 1.29 is 17.6 Å². The van der Waals surface area contributed by atoms with Gasteiger partial charge in [-0.05, 0) is 41.8 Å². The Hall–Kier alpha value is -3.13. The second kappa shape index (κ2) is 12.7. The Labute approximate surface area is 215 Å². The van der Waals surface area contributed by atoms with Crippen LogP contribution < -0.4 is 10.6 Å². The van der Waals surface area contributed by atoms with Crippen molar-refractivity contribution in [1.29, 1.82) is 0 Å². The van der Waals surface area contributed by atoms with E-state index in [0.717, 1.165) is 42.2 Å². The van der Waals surface area contributed by atoms with Gasteiger partial charge in [-0.2, -0.15) is 13.2 Å². The SMILES string of the molecule is C=C.C=C(NC)C1=C(N(C)CCC)NC(Cc2ccc(F)c(C(F)(F)F)c2)N1Cc1ccc(Cl)cc1. The third kappa shape index (κ3) is 6.97. The minimum atomic E-state index is -4.76. The third-order valence-corrected chi connectivity index (χ3v) is 6.00. The van der Waals surface area contributed by atoms with Gasteiger partial charge in [0, 0.05) is 38.6 Å². The smallest absolute Gasteiger partial charge is 0.387 e. The summed E-state index contributed by atoms with van der Waals surface area (Å²) in [6.07, 6.45) is -4.00. The maximum atomic E-state index is 13.9. The monoisotopic (exact) mass is 524 g/mol. The molecule has 1 heterocycles. The molecule has 2 N–H and O–H groups in total. The first-order chi connectivity index (χ1) is 17.0. The van der Waals surface area contributed by atoms with E-state index in [9.17, 15) is 17.6 Å². The van der Waals surface area contributed by atoms with Crippen molar-refractivity contribution in [3.05, 3.63) is 107 Å². The Morgan fingerprint density at radius 2 is 1.75 bits per heavy atom. The van der Waals surface area contributed by atoms with Crippen LogP contribution in [0.1, 0.15) is 30.0 Å². The summed E-state index contributed by atoms with van der Waals surface area (Å²) in [6.45, 7) is 13.5. The van der Waals surface area contributed by atoms with Gasteiger partial charge in [0.2, 0.25) is 0 Å². The molecular weight excluding hydrogens is 492 g/mol. The molecule has 3 rings (SSSR count). The molecule has 0 spiro atoms. The second-order valence-electron chi connectivity index (χ2n) is 8.28. The molecule has 0 fully saturated rings. The van der Waals surface area contributed by atoms with Crippen molar-refractivity contribution in [2.24, 2.45) is 0 Å². The second-order valence-corrected chi connectivity index (χ2v) is 8.71. The topological polar surface area (TPSA) is 30.5 Å². The Morgan fingerprint density at radius 1 is 1.14 bits per heavy atom. The third-order valence-electron chi connectivity index (χ3n) is 5.75. The predicted octanol–water partition coefficient (Wildman–Crippen LogP) is 6.52. The van der Waals surface area contributed by atoms with Crippen molar-refractivity contribution in [3.63, 3.8) is 0 Å². The van der Waals surface area contributed by atoms with Gasteiger partial charge in [-0.1, -0.05) is 43.3 Å². The number of hydrogen-bond donors (Lipinski definition) is 2. The first kappa shape index (κ1) is 29.1.